The quantitative estimate of drug-likeness (QED) is 0.621. The predicted octanol–water partition coefficient (Wildman–Crippen LogP) is 2.51. The molecular weight excluding hydrogens is 276 g/mol. The van der Waals surface area contributed by atoms with Gasteiger partial charge in [0.15, 0.2) is 0 Å². The number of alkyl halides is 1. The second-order valence-corrected chi connectivity index (χ2v) is 5.78. The Morgan fingerprint density at radius 1 is 1.40 bits per heavy atom. The van der Waals surface area contributed by atoms with E-state index in [1.165, 1.54) is 0 Å². The molecule has 0 heterocycles. The number of halogens is 1. The number of benzene rings is 1. The van der Waals surface area contributed by atoms with E-state index in [1.807, 2.05) is 57.1 Å². The van der Waals surface area contributed by atoms with Gasteiger partial charge in [0.2, 0.25) is 5.91 Å². The molecule has 0 bridgehead atoms. The van der Waals surface area contributed by atoms with Crippen molar-refractivity contribution < 1.29 is 9.53 Å². The summed E-state index contributed by atoms with van der Waals surface area (Å²) >= 11 is 5.75. The normalized spacial score (nSPS) is 11.1. The lowest BCUT2D eigenvalue weighted by Crippen LogP contribution is -2.39. The van der Waals surface area contributed by atoms with E-state index in [4.69, 9.17) is 16.3 Å². The largest absolute Gasteiger partial charge is 0.492 e. The minimum Gasteiger partial charge on any atom is -0.492 e. The summed E-state index contributed by atoms with van der Waals surface area (Å²) in [6, 6.07) is 7.82. The summed E-state index contributed by atoms with van der Waals surface area (Å²) < 4.78 is 5.62. The Bertz CT molecular complexity index is 447. The first-order valence-corrected chi connectivity index (χ1v) is 7.15. The minimum atomic E-state index is -0.549. The van der Waals surface area contributed by atoms with Crippen molar-refractivity contribution in [3.8, 4) is 5.75 Å². The summed E-state index contributed by atoms with van der Waals surface area (Å²) in [7, 11) is 3.96. The maximum atomic E-state index is 11.8. The van der Waals surface area contributed by atoms with Gasteiger partial charge >= 0.3 is 0 Å². The molecule has 5 heteroatoms. The van der Waals surface area contributed by atoms with Crippen molar-refractivity contribution in [2.45, 2.75) is 13.8 Å². The van der Waals surface area contributed by atoms with E-state index < -0.39 is 5.41 Å². The average Bonchev–Trinajstić information content (AvgIpc) is 2.43. The number of nitrogens with zero attached hydrogens (tertiary/aromatic N) is 1. The van der Waals surface area contributed by atoms with Crippen LogP contribution in [0.2, 0.25) is 0 Å². The Labute approximate surface area is 126 Å². The van der Waals surface area contributed by atoms with Gasteiger partial charge in [0.25, 0.3) is 0 Å². The number of amides is 1. The second-order valence-electron chi connectivity index (χ2n) is 5.51. The van der Waals surface area contributed by atoms with Crippen molar-refractivity contribution >= 4 is 23.2 Å². The predicted molar refractivity (Wildman–Crippen MR) is 83.8 cm³/mol. The van der Waals surface area contributed by atoms with Gasteiger partial charge in [0.1, 0.15) is 12.4 Å². The van der Waals surface area contributed by atoms with Crippen LogP contribution in [0.25, 0.3) is 0 Å². The third-order valence-electron chi connectivity index (χ3n) is 2.94. The number of rotatable bonds is 7. The number of ether oxygens (including phenoxy) is 1. The molecule has 1 amide bonds. The first kappa shape index (κ1) is 16.6. The van der Waals surface area contributed by atoms with E-state index in [0.717, 1.165) is 11.4 Å². The number of anilines is 1. The van der Waals surface area contributed by atoms with Crippen LogP contribution in [-0.4, -0.2) is 39.0 Å². The molecule has 0 aliphatic carbocycles. The molecule has 20 heavy (non-hydrogen) atoms. The smallest absolute Gasteiger partial charge is 0.226 e. The summed E-state index contributed by atoms with van der Waals surface area (Å²) in [6.07, 6.45) is 0. The first-order chi connectivity index (χ1) is 9.36. The lowest BCUT2D eigenvalue weighted by atomic mass is 9.95. The van der Waals surface area contributed by atoms with E-state index in [1.54, 1.807) is 0 Å². The fraction of sp³-hybridized carbons (Fsp3) is 0.533. The fourth-order valence-corrected chi connectivity index (χ4v) is 1.61. The van der Waals surface area contributed by atoms with E-state index in [2.05, 4.69) is 5.32 Å². The molecular formula is C15H23ClN2O2. The Balaban J connectivity index is 2.38. The molecule has 0 saturated carbocycles. The molecule has 0 unspecified atom stereocenters. The highest BCUT2D eigenvalue weighted by Crippen LogP contribution is 2.19. The molecule has 1 aromatic rings. The van der Waals surface area contributed by atoms with Crippen LogP contribution in [0.4, 0.5) is 5.69 Å². The van der Waals surface area contributed by atoms with E-state index in [-0.39, 0.29) is 5.91 Å². The standard InChI is InChI=1S/C15H23ClN2O2/c1-15(2,11-16)14(19)17-8-9-20-13-7-5-6-12(10-13)18(3)4/h5-7,10H,8-9,11H2,1-4H3,(H,17,19). The van der Waals surface area contributed by atoms with Gasteiger partial charge in [-0.2, -0.15) is 0 Å². The van der Waals surface area contributed by atoms with Crippen LogP contribution in [0.3, 0.4) is 0 Å². The molecule has 0 spiro atoms. The molecule has 1 N–H and O–H groups in total. The topological polar surface area (TPSA) is 41.6 Å². The van der Waals surface area contributed by atoms with E-state index in [0.29, 0.717) is 19.0 Å². The average molecular weight is 299 g/mol. The van der Waals surface area contributed by atoms with Crippen molar-refractivity contribution in [2.75, 3.05) is 38.0 Å². The molecule has 4 nitrogen and oxygen atoms in total. The molecule has 1 aromatic carbocycles. The number of carbonyl (C=O) groups excluding carboxylic acids is 1. The summed E-state index contributed by atoms with van der Waals surface area (Å²) in [5, 5.41) is 2.82. The highest BCUT2D eigenvalue weighted by Gasteiger charge is 2.25. The zero-order valence-electron chi connectivity index (χ0n) is 12.6. The zero-order valence-corrected chi connectivity index (χ0v) is 13.3. The highest BCUT2D eigenvalue weighted by atomic mass is 35.5. The van der Waals surface area contributed by atoms with Gasteiger partial charge in [-0.1, -0.05) is 6.07 Å². The maximum Gasteiger partial charge on any atom is 0.226 e. The molecule has 112 valence electrons. The maximum absolute atomic E-state index is 11.8. The summed E-state index contributed by atoms with van der Waals surface area (Å²) in [6.45, 7) is 4.53. The number of hydrogen-bond acceptors (Lipinski definition) is 3. The molecule has 0 saturated heterocycles. The minimum absolute atomic E-state index is 0.0573. The molecule has 0 aromatic heterocycles. The van der Waals surface area contributed by atoms with Crippen LogP contribution in [0.1, 0.15) is 13.8 Å². The SMILES string of the molecule is CN(C)c1cccc(OCCNC(=O)C(C)(C)CCl)c1. The zero-order chi connectivity index (χ0) is 15.2. The molecule has 0 aliphatic rings. The van der Waals surface area contributed by atoms with Gasteiger partial charge in [0, 0.05) is 31.7 Å². The monoisotopic (exact) mass is 298 g/mol. The van der Waals surface area contributed by atoms with Crippen LogP contribution in [0.15, 0.2) is 24.3 Å². The Morgan fingerprint density at radius 3 is 2.70 bits per heavy atom. The van der Waals surface area contributed by atoms with Gasteiger partial charge < -0.3 is 15.0 Å². The number of hydrogen-bond donors (Lipinski definition) is 1. The van der Waals surface area contributed by atoms with Crippen molar-refractivity contribution in [2.24, 2.45) is 5.41 Å². The van der Waals surface area contributed by atoms with Crippen molar-refractivity contribution in [3.63, 3.8) is 0 Å². The third kappa shape index (κ3) is 4.93. The third-order valence-corrected chi connectivity index (χ3v) is 3.61. The van der Waals surface area contributed by atoms with Crippen LogP contribution < -0.4 is 15.0 Å². The van der Waals surface area contributed by atoms with Gasteiger partial charge in [-0.05, 0) is 26.0 Å². The van der Waals surface area contributed by atoms with E-state index in [9.17, 15) is 4.79 Å². The van der Waals surface area contributed by atoms with E-state index >= 15 is 0 Å². The summed E-state index contributed by atoms with van der Waals surface area (Å²) in [4.78, 5) is 13.8. The Kier molecular flexibility index (Phi) is 6.14. The second kappa shape index (κ2) is 7.39. The van der Waals surface area contributed by atoms with Crippen molar-refractivity contribution in [1.29, 1.82) is 0 Å². The first-order valence-electron chi connectivity index (χ1n) is 6.61. The van der Waals surface area contributed by atoms with Crippen LogP contribution in [0, 0.1) is 5.41 Å². The van der Waals surface area contributed by atoms with Crippen molar-refractivity contribution in [1.82, 2.24) is 5.32 Å². The lowest BCUT2D eigenvalue weighted by Gasteiger charge is -2.20. The molecule has 0 radical (unpaired) electrons. The molecule has 0 atom stereocenters. The highest BCUT2D eigenvalue weighted by molar-refractivity contribution is 6.19. The number of carbonyl (C=O) groups is 1. The fourth-order valence-electron chi connectivity index (χ4n) is 1.48. The Morgan fingerprint density at radius 2 is 2.10 bits per heavy atom. The summed E-state index contributed by atoms with van der Waals surface area (Å²) in [5.41, 5.74) is 0.529. The molecule has 0 aliphatic heterocycles. The van der Waals surface area contributed by atoms with Gasteiger partial charge in [-0.15, -0.1) is 11.6 Å². The summed E-state index contributed by atoms with van der Waals surface area (Å²) in [5.74, 6) is 1.03. The Hall–Kier alpha value is -1.42. The van der Waals surface area contributed by atoms with Gasteiger partial charge in [0.05, 0.1) is 12.0 Å². The van der Waals surface area contributed by atoms with Crippen LogP contribution in [0.5, 0.6) is 5.75 Å². The molecule has 0 fully saturated rings. The molecule has 1 rings (SSSR count). The number of nitrogens with one attached hydrogen (secondary N) is 1. The van der Waals surface area contributed by atoms with Crippen LogP contribution >= 0.6 is 11.6 Å². The van der Waals surface area contributed by atoms with Crippen molar-refractivity contribution in [3.05, 3.63) is 24.3 Å². The van der Waals surface area contributed by atoms with Gasteiger partial charge in [-0.25, -0.2) is 0 Å². The van der Waals surface area contributed by atoms with Gasteiger partial charge in [-0.3, -0.25) is 4.79 Å². The lowest BCUT2D eigenvalue weighted by molar-refractivity contribution is -0.128. The van der Waals surface area contributed by atoms with Crippen LogP contribution in [-0.2, 0) is 4.79 Å².